The molecule has 1 rings (SSSR count). The predicted molar refractivity (Wildman–Crippen MR) is 53.1 cm³/mol. The summed E-state index contributed by atoms with van der Waals surface area (Å²) in [7, 11) is 0. The number of aliphatic hydroxyl groups is 1. The molecule has 96 valence electrons. The summed E-state index contributed by atoms with van der Waals surface area (Å²) in [5.41, 5.74) is 0. The summed E-state index contributed by atoms with van der Waals surface area (Å²) in [4.78, 5) is 0. The highest BCUT2D eigenvalue weighted by atomic mass is 19.4. The van der Waals surface area contributed by atoms with E-state index in [2.05, 4.69) is 5.32 Å². The standard InChI is InChI=1S/C10H18F3NO2/c11-10(12,13)9(15)6-14-4-1-5-16-7-8-2-3-8/h8-9,14-15H,1-7H2. The number of aliphatic hydroxyl groups excluding tert-OH is 1. The summed E-state index contributed by atoms with van der Waals surface area (Å²) in [5.74, 6) is 0.708. The summed E-state index contributed by atoms with van der Waals surface area (Å²) in [6, 6.07) is 0. The van der Waals surface area contributed by atoms with Crippen LogP contribution in [-0.2, 0) is 4.74 Å². The first-order valence-electron chi connectivity index (χ1n) is 5.53. The summed E-state index contributed by atoms with van der Waals surface area (Å²) in [5, 5.41) is 11.2. The van der Waals surface area contributed by atoms with Gasteiger partial charge in [0.2, 0.25) is 0 Å². The molecule has 0 bridgehead atoms. The van der Waals surface area contributed by atoms with Gasteiger partial charge in [-0.15, -0.1) is 0 Å². The fourth-order valence-corrected chi connectivity index (χ4v) is 1.19. The fraction of sp³-hybridized carbons (Fsp3) is 1.00. The molecule has 1 saturated carbocycles. The minimum atomic E-state index is -4.53. The van der Waals surface area contributed by atoms with Crippen LogP contribution in [0.15, 0.2) is 0 Å². The first kappa shape index (κ1) is 13.7. The number of nitrogens with one attached hydrogen (secondary N) is 1. The van der Waals surface area contributed by atoms with Crippen molar-refractivity contribution in [1.29, 1.82) is 0 Å². The second-order valence-corrected chi connectivity index (χ2v) is 4.13. The highest BCUT2D eigenvalue weighted by Gasteiger charge is 2.37. The quantitative estimate of drug-likeness (QED) is 0.630. The summed E-state index contributed by atoms with van der Waals surface area (Å²) >= 11 is 0. The SMILES string of the molecule is OC(CNCCCOCC1CC1)C(F)(F)F. The van der Waals surface area contributed by atoms with E-state index in [4.69, 9.17) is 9.84 Å². The average molecular weight is 241 g/mol. The van der Waals surface area contributed by atoms with Crippen molar-refractivity contribution in [3.8, 4) is 0 Å². The number of hydrogen-bond donors (Lipinski definition) is 2. The third-order valence-electron chi connectivity index (χ3n) is 2.41. The molecule has 0 aromatic carbocycles. The van der Waals surface area contributed by atoms with Crippen molar-refractivity contribution in [3.05, 3.63) is 0 Å². The molecule has 0 aliphatic heterocycles. The molecular formula is C10H18F3NO2. The zero-order valence-electron chi connectivity index (χ0n) is 9.09. The third-order valence-corrected chi connectivity index (χ3v) is 2.41. The molecule has 1 atom stereocenters. The number of rotatable bonds is 8. The zero-order valence-corrected chi connectivity index (χ0v) is 9.09. The van der Waals surface area contributed by atoms with E-state index in [0.29, 0.717) is 25.5 Å². The normalized spacial score (nSPS) is 18.8. The van der Waals surface area contributed by atoms with Crippen LogP contribution >= 0.6 is 0 Å². The highest BCUT2D eigenvalue weighted by Crippen LogP contribution is 2.28. The predicted octanol–water partition coefficient (Wildman–Crippen LogP) is 1.32. The van der Waals surface area contributed by atoms with Crippen molar-refractivity contribution < 1.29 is 23.0 Å². The largest absolute Gasteiger partial charge is 0.415 e. The molecule has 3 nitrogen and oxygen atoms in total. The van der Waals surface area contributed by atoms with Crippen molar-refractivity contribution >= 4 is 0 Å². The highest BCUT2D eigenvalue weighted by molar-refractivity contribution is 4.72. The zero-order chi connectivity index (χ0) is 12.0. The molecular weight excluding hydrogens is 223 g/mol. The van der Waals surface area contributed by atoms with Crippen LogP contribution < -0.4 is 5.32 Å². The molecule has 1 unspecified atom stereocenters. The molecule has 0 heterocycles. The van der Waals surface area contributed by atoms with Gasteiger partial charge in [-0.25, -0.2) is 0 Å². The van der Waals surface area contributed by atoms with Gasteiger partial charge in [-0.1, -0.05) is 0 Å². The molecule has 0 saturated heterocycles. The van der Waals surface area contributed by atoms with E-state index >= 15 is 0 Å². The minimum Gasteiger partial charge on any atom is -0.382 e. The maximum atomic E-state index is 11.9. The van der Waals surface area contributed by atoms with E-state index in [1.807, 2.05) is 0 Å². The minimum absolute atomic E-state index is 0.428. The molecule has 0 aromatic heterocycles. The monoisotopic (exact) mass is 241 g/mol. The molecule has 16 heavy (non-hydrogen) atoms. The fourth-order valence-electron chi connectivity index (χ4n) is 1.19. The Hall–Kier alpha value is -0.330. The lowest BCUT2D eigenvalue weighted by Crippen LogP contribution is -2.38. The van der Waals surface area contributed by atoms with Gasteiger partial charge < -0.3 is 15.2 Å². The van der Waals surface area contributed by atoms with E-state index in [-0.39, 0.29) is 0 Å². The van der Waals surface area contributed by atoms with Gasteiger partial charge in [0, 0.05) is 19.8 Å². The van der Waals surface area contributed by atoms with E-state index in [1.54, 1.807) is 0 Å². The van der Waals surface area contributed by atoms with Crippen LogP contribution in [-0.4, -0.2) is 43.7 Å². The van der Waals surface area contributed by atoms with Gasteiger partial charge in [0.15, 0.2) is 6.10 Å². The van der Waals surface area contributed by atoms with Crippen LogP contribution in [0.5, 0.6) is 0 Å². The van der Waals surface area contributed by atoms with Crippen LogP contribution in [0, 0.1) is 5.92 Å². The van der Waals surface area contributed by atoms with Gasteiger partial charge in [0.1, 0.15) is 0 Å². The smallest absolute Gasteiger partial charge is 0.382 e. The lowest BCUT2D eigenvalue weighted by atomic mass is 10.3. The van der Waals surface area contributed by atoms with Gasteiger partial charge in [0.05, 0.1) is 0 Å². The van der Waals surface area contributed by atoms with Crippen molar-refractivity contribution in [2.24, 2.45) is 5.92 Å². The first-order chi connectivity index (χ1) is 7.50. The molecule has 1 aliphatic rings. The lowest BCUT2D eigenvalue weighted by molar-refractivity contribution is -0.201. The van der Waals surface area contributed by atoms with Gasteiger partial charge >= 0.3 is 6.18 Å². The number of halogens is 3. The topological polar surface area (TPSA) is 41.5 Å². The van der Waals surface area contributed by atoms with E-state index in [9.17, 15) is 13.2 Å². The average Bonchev–Trinajstić information content (AvgIpc) is 2.98. The summed E-state index contributed by atoms with van der Waals surface area (Å²) < 4.78 is 40.9. The number of alkyl halides is 3. The van der Waals surface area contributed by atoms with Gasteiger partial charge in [-0.3, -0.25) is 0 Å². The van der Waals surface area contributed by atoms with E-state index in [0.717, 1.165) is 6.61 Å². The maximum absolute atomic E-state index is 11.9. The Morgan fingerprint density at radius 2 is 2.06 bits per heavy atom. The lowest BCUT2D eigenvalue weighted by Gasteiger charge is -2.14. The van der Waals surface area contributed by atoms with Crippen LogP contribution in [0.1, 0.15) is 19.3 Å². The van der Waals surface area contributed by atoms with E-state index < -0.39 is 18.8 Å². The maximum Gasteiger partial charge on any atom is 0.415 e. The molecule has 2 N–H and O–H groups in total. The molecule has 6 heteroatoms. The summed E-state index contributed by atoms with van der Waals surface area (Å²) in [6.45, 7) is 1.31. The third kappa shape index (κ3) is 6.30. The Balaban J connectivity index is 1.83. The Labute approximate surface area is 93.0 Å². The van der Waals surface area contributed by atoms with Crippen LogP contribution in [0.25, 0.3) is 0 Å². The molecule has 0 aromatic rings. The Bertz CT molecular complexity index is 195. The van der Waals surface area contributed by atoms with Gasteiger partial charge in [-0.05, 0) is 31.7 Å². The number of hydrogen-bond acceptors (Lipinski definition) is 3. The van der Waals surface area contributed by atoms with E-state index in [1.165, 1.54) is 12.8 Å². The van der Waals surface area contributed by atoms with Gasteiger partial charge in [-0.2, -0.15) is 13.2 Å². The molecule has 0 spiro atoms. The Kier molecular flexibility index (Phi) is 5.51. The van der Waals surface area contributed by atoms with Gasteiger partial charge in [0.25, 0.3) is 0 Å². The van der Waals surface area contributed by atoms with Crippen LogP contribution in [0.4, 0.5) is 13.2 Å². The summed E-state index contributed by atoms with van der Waals surface area (Å²) in [6.07, 6.45) is -3.68. The molecule has 1 aliphatic carbocycles. The Morgan fingerprint density at radius 1 is 1.38 bits per heavy atom. The van der Waals surface area contributed by atoms with Crippen LogP contribution in [0.2, 0.25) is 0 Å². The first-order valence-corrected chi connectivity index (χ1v) is 5.53. The Morgan fingerprint density at radius 3 is 2.62 bits per heavy atom. The van der Waals surface area contributed by atoms with Crippen molar-refractivity contribution in [1.82, 2.24) is 5.32 Å². The molecule has 0 radical (unpaired) electrons. The second kappa shape index (κ2) is 6.42. The van der Waals surface area contributed by atoms with Crippen LogP contribution in [0.3, 0.4) is 0 Å². The van der Waals surface area contributed by atoms with Crippen molar-refractivity contribution in [2.75, 3.05) is 26.3 Å². The second-order valence-electron chi connectivity index (χ2n) is 4.13. The molecule has 1 fully saturated rings. The molecule has 0 amide bonds. The number of ether oxygens (including phenoxy) is 1. The van der Waals surface area contributed by atoms with Crippen molar-refractivity contribution in [3.63, 3.8) is 0 Å². The van der Waals surface area contributed by atoms with Crippen molar-refractivity contribution in [2.45, 2.75) is 31.5 Å².